The van der Waals surface area contributed by atoms with Crippen molar-refractivity contribution in [2.24, 2.45) is 5.14 Å². The van der Waals surface area contributed by atoms with Crippen molar-refractivity contribution in [2.75, 3.05) is 13.2 Å². The van der Waals surface area contributed by atoms with Gasteiger partial charge >= 0.3 is 6.36 Å². The van der Waals surface area contributed by atoms with Crippen LogP contribution in [0.2, 0.25) is 0 Å². The molecule has 5 nitrogen and oxygen atoms in total. The second-order valence-corrected chi connectivity index (χ2v) is 5.63. The monoisotopic (exact) mass is 313 g/mol. The number of benzene rings is 1. The van der Waals surface area contributed by atoms with E-state index in [1.807, 2.05) is 0 Å². The van der Waals surface area contributed by atoms with Crippen LogP contribution in [0.15, 0.2) is 17.0 Å². The lowest BCUT2D eigenvalue weighted by Gasteiger charge is -2.14. The van der Waals surface area contributed by atoms with Crippen LogP contribution in [0.3, 0.4) is 0 Å². The van der Waals surface area contributed by atoms with Gasteiger partial charge in [0.15, 0.2) is 0 Å². The zero-order valence-electron chi connectivity index (χ0n) is 10.8. The van der Waals surface area contributed by atoms with E-state index in [9.17, 15) is 21.6 Å². The summed E-state index contributed by atoms with van der Waals surface area (Å²) in [6, 6.07) is 2.93. The Morgan fingerprint density at radius 2 is 1.80 bits per heavy atom. The predicted octanol–water partition coefficient (Wildman–Crippen LogP) is 1.87. The Morgan fingerprint density at radius 1 is 1.20 bits per heavy atom. The molecule has 0 aliphatic heterocycles. The molecule has 114 valence electrons. The molecule has 0 saturated carbocycles. The Balaban J connectivity index is 2.90. The Morgan fingerprint density at radius 3 is 2.30 bits per heavy atom. The van der Waals surface area contributed by atoms with Crippen molar-refractivity contribution in [3.05, 3.63) is 23.3 Å². The maximum Gasteiger partial charge on any atom is 0.522 e. The Labute approximate surface area is 114 Å². The molecule has 0 aromatic heterocycles. The Kier molecular flexibility index (Phi) is 5.00. The lowest BCUT2D eigenvalue weighted by atomic mass is 10.1. The van der Waals surface area contributed by atoms with Gasteiger partial charge in [0, 0.05) is 0 Å². The molecule has 0 saturated heterocycles. The largest absolute Gasteiger partial charge is 0.522 e. The third-order valence-electron chi connectivity index (χ3n) is 2.29. The van der Waals surface area contributed by atoms with E-state index in [2.05, 4.69) is 4.74 Å². The average molecular weight is 313 g/mol. The van der Waals surface area contributed by atoms with Gasteiger partial charge in [-0.1, -0.05) is 6.07 Å². The van der Waals surface area contributed by atoms with Crippen molar-refractivity contribution in [1.82, 2.24) is 0 Å². The molecule has 1 aromatic carbocycles. The minimum absolute atomic E-state index is 0.0659. The van der Waals surface area contributed by atoms with Gasteiger partial charge in [0.1, 0.15) is 17.3 Å². The number of nitrogens with two attached hydrogens (primary N) is 1. The fraction of sp³-hybridized carbons (Fsp3) is 0.455. The summed E-state index contributed by atoms with van der Waals surface area (Å²) in [6.45, 7) is 2.03. The second kappa shape index (κ2) is 5.98. The maximum absolute atomic E-state index is 11.8. The third kappa shape index (κ3) is 4.99. The molecule has 0 radical (unpaired) electrons. The molecule has 0 heterocycles. The summed E-state index contributed by atoms with van der Waals surface area (Å²) in [4.78, 5) is -0.262. The SMILES string of the molecule is Cc1cc(C)c(OCCOC(F)(F)F)c(S(N)(=O)=O)c1. The van der Waals surface area contributed by atoms with Crippen molar-refractivity contribution in [3.8, 4) is 5.75 Å². The van der Waals surface area contributed by atoms with Crippen LogP contribution >= 0.6 is 0 Å². The summed E-state index contributed by atoms with van der Waals surface area (Å²) >= 11 is 0. The van der Waals surface area contributed by atoms with E-state index in [4.69, 9.17) is 9.88 Å². The van der Waals surface area contributed by atoms with E-state index >= 15 is 0 Å². The summed E-state index contributed by atoms with van der Waals surface area (Å²) in [5, 5.41) is 5.05. The van der Waals surface area contributed by atoms with Crippen molar-refractivity contribution in [2.45, 2.75) is 25.1 Å². The zero-order chi connectivity index (χ0) is 15.6. The molecule has 0 spiro atoms. The molecule has 0 aliphatic carbocycles. The summed E-state index contributed by atoms with van der Waals surface area (Å²) < 4.78 is 66.8. The van der Waals surface area contributed by atoms with Crippen LogP contribution in [-0.4, -0.2) is 28.0 Å². The molecule has 9 heteroatoms. The number of hydrogen-bond acceptors (Lipinski definition) is 4. The number of primary sulfonamides is 1. The fourth-order valence-electron chi connectivity index (χ4n) is 1.61. The molecule has 0 amide bonds. The first kappa shape index (κ1) is 16.7. The minimum atomic E-state index is -4.76. The van der Waals surface area contributed by atoms with E-state index in [-0.39, 0.29) is 10.6 Å². The molecule has 0 atom stereocenters. The van der Waals surface area contributed by atoms with Gasteiger partial charge in [0.2, 0.25) is 10.0 Å². The quantitative estimate of drug-likeness (QED) is 0.842. The highest BCUT2D eigenvalue weighted by atomic mass is 32.2. The van der Waals surface area contributed by atoms with Crippen LogP contribution < -0.4 is 9.88 Å². The van der Waals surface area contributed by atoms with Gasteiger partial charge in [-0.15, -0.1) is 13.2 Å². The molecular weight excluding hydrogens is 299 g/mol. The Bertz CT molecular complexity index is 584. The lowest BCUT2D eigenvalue weighted by Crippen LogP contribution is -2.20. The first-order valence-corrected chi connectivity index (χ1v) is 7.03. The van der Waals surface area contributed by atoms with Crippen molar-refractivity contribution in [1.29, 1.82) is 0 Å². The molecule has 0 fully saturated rings. The maximum atomic E-state index is 11.8. The average Bonchev–Trinajstić information content (AvgIpc) is 2.23. The number of halogens is 3. The van der Waals surface area contributed by atoms with E-state index in [1.165, 1.54) is 6.07 Å². The zero-order valence-corrected chi connectivity index (χ0v) is 11.6. The molecular formula is C11H14F3NO4S. The molecule has 2 N–H and O–H groups in total. The Hall–Kier alpha value is -1.32. The van der Waals surface area contributed by atoms with E-state index in [0.29, 0.717) is 11.1 Å². The van der Waals surface area contributed by atoms with E-state index in [1.54, 1.807) is 19.9 Å². The lowest BCUT2D eigenvalue weighted by molar-refractivity contribution is -0.325. The summed E-state index contributed by atoms with van der Waals surface area (Å²) in [5.41, 5.74) is 1.10. The van der Waals surface area contributed by atoms with Gasteiger partial charge in [-0.05, 0) is 31.0 Å². The number of alkyl halides is 3. The van der Waals surface area contributed by atoms with Gasteiger partial charge in [0.05, 0.1) is 6.61 Å². The van der Waals surface area contributed by atoms with Crippen LogP contribution in [0.4, 0.5) is 13.2 Å². The van der Waals surface area contributed by atoms with Crippen LogP contribution in [0.5, 0.6) is 5.75 Å². The highest BCUT2D eigenvalue weighted by molar-refractivity contribution is 7.89. The summed E-state index contributed by atoms with van der Waals surface area (Å²) in [5.74, 6) is -0.0659. The van der Waals surface area contributed by atoms with Crippen LogP contribution in [0.1, 0.15) is 11.1 Å². The van der Waals surface area contributed by atoms with Gasteiger partial charge in [-0.2, -0.15) is 0 Å². The van der Waals surface area contributed by atoms with E-state index < -0.39 is 29.6 Å². The van der Waals surface area contributed by atoms with Gasteiger partial charge in [-0.3, -0.25) is 4.74 Å². The summed E-state index contributed by atoms with van der Waals surface area (Å²) in [6.07, 6.45) is -4.76. The van der Waals surface area contributed by atoms with Gasteiger partial charge in [-0.25, -0.2) is 13.6 Å². The highest BCUT2D eigenvalue weighted by Gasteiger charge is 2.29. The summed E-state index contributed by atoms with van der Waals surface area (Å²) in [7, 11) is -4.03. The number of rotatable bonds is 5. The molecule has 20 heavy (non-hydrogen) atoms. The normalized spacial score (nSPS) is 12.5. The number of sulfonamides is 1. The van der Waals surface area contributed by atoms with Gasteiger partial charge in [0.25, 0.3) is 0 Å². The second-order valence-electron chi connectivity index (χ2n) is 4.10. The first-order chi connectivity index (χ1) is 9.00. The number of aryl methyl sites for hydroxylation is 2. The topological polar surface area (TPSA) is 78.6 Å². The number of hydrogen-bond donors (Lipinski definition) is 1. The minimum Gasteiger partial charge on any atom is -0.489 e. The molecule has 0 unspecified atom stereocenters. The fourth-order valence-corrected chi connectivity index (χ4v) is 2.44. The van der Waals surface area contributed by atoms with Gasteiger partial charge < -0.3 is 4.74 Å². The molecule has 1 rings (SSSR count). The molecule has 0 aliphatic rings. The smallest absolute Gasteiger partial charge is 0.489 e. The van der Waals surface area contributed by atoms with Crippen LogP contribution in [0, 0.1) is 13.8 Å². The molecule has 1 aromatic rings. The highest BCUT2D eigenvalue weighted by Crippen LogP contribution is 2.28. The van der Waals surface area contributed by atoms with Crippen LogP contribution in [0.25, 0.3) is 0 Å². The van der Waals surface area contributed by atoms with E-state index in [0.717, 1.165) is 0 Å². The standard InChI is InChI=1S/C11H14F3NO4S/c1-7-5-8(2)10(9(6-7)20(15,16)17)18-3-4-19-11(12,13)14/h5-6H,3-4H2,1-2H3,(H2,15,16,17). The first-order valence-electron chi connectivity index (χ1n) is 5.48. The van der Waals surface area contributed by atoms with Crippen molar-refractivity contribution >= 4 is 10.0 Å². The number of ether oxygens (including phenoxy) is 2. The van der Waals surface area contributed by atoms with Crippen molar-refractivity contribution < 1.29 is 31.1 Å². The van der Waals surface area contributed by atoms with Crippen LogP contribution in [-0.2, 0) is 14.8 Å². The molecule has 0 bridgehead atoms. The van der Waals surface area contributed by atoms with Crippen molar-refractivity contribution in [3.63, 3.8) is 0 Å². The third-order valence-corrected chi connectivity index (χ3v) is 3.20. The predicted molar refractivity (Wildman–Crippen MR) is 64.8 cm³/mol.